The zero-order valence-electron chi connectivity index (χ0n) is 48.4. The molecule has 0 spiro atoms. The van der Waals surface area contributed by atoms with Crippen LogP contribution in [0.4, 0.5) is 0 Å². The van der Waals surface area contributed by atoms with Gasteiger partial charge in [-0.15, -0.1) is 0 Å². The Morgan fingerprint density at radius 3 is 0.789 bits per heavy atom. The van der Waals surface area contributed by atoms with Crippen LogP contribution < -0.4 is 0 Å². The average molecular weight is 1040 g/mol. The Hall–Kier alpha value is -5.00. The number of ether oxygens (including phenoxy) is 2. The van der Waals surface area contributed by atoms with Crippen LogP contribution in [0.25, 0.3) is 0 Å². The highest BCUT2D eigenvalue weighted by molar-refractivity contribution is 5.70. The van der Waals surface area contributed by atoms with Gasteiger partial charge in [-0.05, 0) is 135 Å². The van der Waals surface area contributed by atoms with Gasteiger partial charge in [0.05, 0.1) is 6.61 Å². The monoisotopic (exact) mass is 1040 g/mol. The average Bonchev–Trinajstić information content (AvgIpc) is 3.42. The van der Waals surface area contributed by atoms with E-state index in [0.717, 1.165) is 148 Å². The molecule has 0 aliphatic rings. The second kappa shape index (κ2) is 64.3. The molecule has 1 N–H and O–H groups in total. The molecule has 5 nitrogen and oxygen atoms in total. The highest BCUT2D eigenvalue weighted by Crippen LogP contribution is 2.14. The van der Waals surface area contributed by atoms with Crippen LogP contribution in [-0.4, -0.2) is 36.4 Å². The van der Waals surface area contributed by atoms with E-state index in [4.69, 9.17) is 9.47 Å². The van der Waals surface area contributed by atoms with E-state index in [1.807, 2.05) is 0 Å². The van der Waals surface area contributed by atoms with Crippen molar-refractivity contribution in [2.24, 2.45) is 0 Å². The second-order valence-corrected chi connectivity index (χ2v) is 19.3. The first-order chi connectivity index (χ1) is 37.6. The number of aliphatic hydroxyl groups is 1. The van der Waals surface area contributed by atoms with Crippen molar-refractivity contribution in [3.63, 3.8) is 0 Å². The fraction of sp³-hybridized carbons (Fsp3) is 0.549. The fourth-order valence-corrected chi connectivity index (χ4v) is 7.73. The summed E-state index contributed by atoms with van der Waals surface area (Å²) in [5, 5.41) is 9.67. The van der Waals surface area contributed by atoms with Crippen LogP contribution in [0.3, 0.4) is 0 Å². The molecular weight excluding hydrogens is 933 g/mol. The molecule has 0 amide bonds. The van der Waals surface area contributed by atoms with Crippen molar-refractivity contribution in [2.45, 2.75) is 238 Å². The van der Waals surface area contributed by atoms with E-state index in [1.54, 1.807) is 0 Å². The first kappa shape index (κ1) is 71.0. The second-order valence-electron chi connectivity index (χ2n) is 19.3. The lowest BCUT2D eigenvalue weighted by Crippen LogP contribution is -2.28. The van der Waals surface area contributed by atoms with Gasteiger partial charge in [-0.2, -0.15) is 0 Å². The summed E-state index contributed by atoms with van der Waals surface area (Å²) in [5.74, 6) is -0.636. The Kier molecular flexibility index (Phi) is 60.1. The number of unbranched alkanes of at least 4 members (excludes halogenated alkanes) is 15. The van der Waals surface area contributed by atoms with Gasteiger partial charge in [-0.3, -0.25) is 9.59 Å². The molecule has 0 aromatic carbocycles. The molecule has 0 aliphatic carbocycles. The molecule has 1 unspecified atom stereocenters. The maximum atomic E-state index is 12.3. The summed E-state index contributed by atoms with van der Waals surface area (Å²) in [6, 6.07) is 0. The van der Waals surface area contributed by atoms with Crippen molar-refractivity contribution in [1.82, 2.24) is 0 Å². The minimum Gasteiger partial charge on any atom is -0.462 e. The van der Waals surface area contributed by atoms with Crippen LogP contribution >= 0.6 is 0 Å². The zero-order chi connectivity index (χ0) is 54.8. The number of aliphatic hydroxyl groups excluding tert-OH is 1. The molecule has 0 saturated heterocycles. The number of allylic oxidation sites excluding steroid dienone is 30. The van der Waals surface area contributed by atoms with E-state index in [9.17, 15) is 14.7 Å². The van der Waals surface area contributed by atoms with Crippen molar-refractivity contribution in [1.29, 1.82) is 0 Å². The predicted molar refractivity (Wildman–Crippen MR) is 333 cm³/mol. The molecule has 0 heterocycles. The van der Waals surface area contributed by atoms with E-state index < -0.39 is 6.10 Å². The molecule has 0 radical (unpaired) electrons. The van der Waals surface area contributed by atoms with E-state index in [1.165, 1.54) is 57.8 Å². The number of esters is 2. The van der Waals surface area contributed by atoms with Gasteiger partial charge in [0.15, 0.2) is 6.10 Å². The number of rotatable bonds is 53. The summed E-state index contributed by atoms with van der Waals surface area (Å²) in [4.78, 5) is 24.6. The molecule has 0 aromatic rings. The fourth-order valence-electron chi connectivity index (χ4n) is 7.73. The lowest BCUT2D eigenvalue weighted by molar-refractivity contribution is -0.161. The van der Waals surface area contributed by atoms with Gasteiger partial charge in [0.2, 0.25) is 0 Å². The Morgan fingerprint density at radius 2 is 0.526 bits per heavy atom. The summed E-state index contributed by atoms with van der Waals surface area (Å²) >= 11 is 0. The number of hydrogen-bond donors (Lipinski definition) is 1. The van der Waals surface area contributed by atoms with Gasteiger partial charge in [0, 0.05) is 12.8 Å². The summed E-state index contributed by atoms with van der Waals surface area (Å²) in [6.07, 6.45) is 101. The van der Waals surface area contributed by atoms with E-state index in [-0.39, 0.29) is 25.2 Å². The standard InChI is InChI=1S/C71H110O5/c1-3-5-7-9-11-13-15-17-19-21-23-25-27-29-31-33-34-35-36-38-39-41-43-45-47-49-51-53-55-57-59-61-63-65-70(73)75-68-69(67-72)76-71(74)66-64-62-60-58-56-54-52-50-48-46-44-42-40-37-32-30-28-26-24-22-20-18-16-14-12-10-8-6-4-2/h5-8,11-14,17-20,23-26,29-32,34-35,38-40,42,46,48,52,54,69,72H,3-4,9-10,15-16,21-22,27-28,33,36-37,41,43-45,47,49-51,53,55-68H2,1-2H3/b7-5-,8-6-,13-11-,14-12-,19-17-,20-18-,25-23-,26-24-,31-29-,32-30-,35-34-,39-38-,42-40-,48-46-,54-52-. The quantitative estimate of drug-likeness (QED) is 0.0373. The first-order valence-corrected chi connectivity index (χ1v) is 30.3. The Morgan fingerprint density at radius 1 is 0.303 bits per heavy atom. The van der Waals surface area contributed by atoms with Crippen LogP contribution in [0.1, 0.15) is 232 Å². The number of carbonyl (C=O) groups is 2. The molecule has 1 atom stereocenters. The zero-order valence-corrected chi connectivity index (χ0v) is 48.4. The third-order valence-electron chi connectivity index (χ3n) is 12.2. The minimum atomic E-state index is -0.803. The van der Waals surface area contributed by atoms with Crippen molar-refractivity contribution < 1.29 is 24.2 Å². The van der Waals surface area contributed by atoms with Gasteiger partial charge in [-0.25, -0.2) is 0 Å². The van der Waals surface area contributed by atoms with Crippen molar-refractivity contribution in [3.8, 4) is 0 Å². The summed E-state index contributed by atoms with van der Waals surface area (Å²) in [5.41, 5.74) is 0. The maximum absolute atomic E-state index is 12.3. The SMILES string of the molecule is CC/C=C\C/C=C\C/C=C\C/C=C\C/C=C\C/C=C\C/C=C\C/C=C\CCCCCCC(=O)OC(CO)COC(=O)CCCCCCCCCCCCC/C=C\C/C=C\C/C=C\C/C=C\C/C=C\C/C=C\C/C=C\CC. The van der Waals surface area contributed by atoms with Gasteiger partial charge in [0.25, 0.3) is 0 Å². The molecule has 0 rings (SSSR count). The topological polar surface area (TPSA) is 72.8 Å². The van der Waals surface area contributed by atoms with Crippen LogP contribution in [0.2, 0.25) is 0 Å². The first-order valence-electron chi connectivity index (χ1n) is 30.3. The highest BCUT2D eigenvalue weighted by Gasteiger charge is 2.16. The molecular formula is C71H110O5. The van der Waals surface area contributed by atoms with E-state index in [2.05, 4.69) is 196 Å². The smallest absolute Gasteiger partial charge is 0.306 e. The molecule has 0 saturated carbocycles. The molecule has 0 aliphatic heterocycles. The third kappa shape index (κ3) is 61.5. The third-order valence-corrected chi connectivity index (χ3v) is 12.2. The molecule has 0 bridgehead atoms. The molecule has 5 heteroatoms. The normalized spacial score (nSPS) is 13.6. The van der Waals surface area contributed by atoms with Crippen LogP contribution in [0.5, 0.6) is 0 Å². The van der Waals surface area contributed by atoms with E-state index in [0.29, 0.717) is 12.8 Å². The van der Waals surface area contributed by atoms with Gasteiger partial charge in [-0.1, -0.05) is 267 Å². The highest BCUT2D eigenvalue weighted by atomic mass is 16.6. The van der Waals surface area contributed by atoms with Crippen LogP contribution in [0.15, 0.2) is 182 Å². The molecule has 0 fully saturated rings. The van der Waals surface area contributed by atoms with Crippen molar-refractivity contribution in [2.75, 3.05) is 13.2 Å². The Balaban J connectivity index is 3.63. The van der Waals surface area contributed by atoms with Crippen LogP contribution in [-0.2, 0) is 19.1 Å². The van der Waals surface area contributed by atoms with Crippen molar-refractivity contribution in [3.05, 3.63) is 182 Å². The molecule has 0 aromatic heterocycles. The largest absolute Gasteiger partial charge is 0.462 e. The van der Waals surface area contributed by atoms with Crippen molar-refractivity contribution >= 4 is 11.9 Å². The number of hydrogen-bond acceptors (Lipinski definition) is 5. The molecule has 424 valence electrons. The Labute approximate surface area is 467 Å². The minimum absolute atomic E-state index is 0.0904. The summed E-state index contributed by atoms with van der Waals surface area (Å²) in [6.45, 7) is 3.88. The maximum Gasteiger partial charge on any atom is 0.306 e. The summed E-state index contributed by atoms with van der Waals surface area (Å²) in [7, 11) is 0. The number of carbonyl (C=O) groups excluding carboxylic acids is 2. The lowest BCUT2D eigenvalue weighted by Gasteiger charge is -2.15. The van der Waals surface area contributed by atoms with Gasteiger partial charge < -0.3 is 14.6 Å². The van der Waals surface area contributed by atoms with Gasteiger partial charge in [0.1, 0.15) is 6.61 Å². The summed E-state index contributed by atoms with van der Waals surface area (Å²) < 4.78 is 10.7. The lowest BCUT2D eigenvalue weighted by atomic mass is 10.0. The predicted octanol–water partition coefficient (Wildman–Crippen LogP) is 21.1. The Bertz CT molecular complexity index is 1750. The van der Waals surface area contributed by atoms with E-state index >= 15 is 0 Å². The molecule has 76 heavy (non-hydrogen) atoms. The van der Waals surface area contributed by atoms with Crippen LogP contribution in [0, 0.1) is 0 Å². The van der Waals surface area contributed by atoms with Gasteiger partial charge >= 0.3 is 11.9 Å².